The highest BCUT2D eigenvalue weighted by Crippen LogP contribution is 2.33. The topological polar surface area (TPSA) is 64.9 Å². The van der Waals surface area contributed by atoms with Gasteiger partial charge in [0.15, 0.2) is 0 Å². The summed E-state index contributed by atoms with van der Waals surface area (Å²) in [6.45, 7) is 0. The third-order valence-corrected chi connectivity index (χ3v) is 4.15. The Bertz CT molecular complexity index is 716. The van der Waals surface area contributed by atoms with Crippen molar-refractivity contribution in [2.45, 2.75) is 0 Å². The molecule has 0 bridgehead atoms. The second-order valence-corrected chi connectivity index (χ2v) is 5.97. The highest BCUT2D eigenvalue weighted by atomic mass is 79.9. The van der Waals surface area contributed by atoms with Gasteiger partial charge in [0, 0.05) is 21.4 Å². The largest absolute Gasteiger partial charge is 0.399 e. The van der Waals surface area contributed by atoms with E-state index in [1.807, 2.05) is 24.3 Å². The molecule has 0 aliphatic carbocycles. The zero-order valence-electron chi connectivity index (χ0n) is 9.35. The smallest absolute Gasteiger partial charge is 0.124 e. The quantitative estimate of drug-likeness (QED) is 0.669. The molecule has 3 nitrogen and oxygen atoms in total. The van der Waals surface area contributed by atoms with Crippen molar-refractivity contribution in [3.8, 4) is 10.6 Å². The number of hydrogen-bond acceptors (Lipinski definition) is 4. The zero-order chi connectivity index (χ0) is 12.7. The molecule has 2 aromatic carbocycles. The minimum Gasteiger partial charge on any atom is -0.399 e. The highest BCUT2D eigenvalue weighted by molar-refractivity contribution is 9.10. The SMILES string of the molecule is Nc1cc(N)cc(-c2nc3cc(Br)ccc3s2)c1. The van der Waals surface area contributed by atoms with E-state index < -0.39 is 0 Å². The van der Waals surface area contributed by atoms with Crippen LogP contribution >= 0.6 is 27.3 Å². The Balaban J connectivity index is 2.19. The van der Waals surface area contributed by atoms with Crippen molar-refractivity contribution in [3.05, 3.63) is 40.9 Å². The molecule has 1 aromatic heterocycles. The maximum atomic E-state index is 5.80. The van der Waals surface area contributed by atoms with Crippen LogP contribution in [0.2, 0.25) is 0 Å². The van der Waals surface area contributed by atoms with Crippen LogP contribution in [0.3, 0.4) is 0 Å². The van der Waals surface area contributed by atoms with Crippen molar-refractivity contribution >= 4 is 48.9 Å². The highest BCUT2D eigenvalue weighted by Gasteiger charge is 2.07. The fraction of sp³-hybridized carbons (Fsp3) is 0. The number of halogens is 1. The van der Waals surface area contributed by atoms with Crippen molar-refractivity contribution in [1.29, 1.82) is 0 Å². The Morgan fingerprint density at radius 3 is 2.44 bits per heavy atom. The normalized spacial score (nSPS) is 10.9. The Morgan fingerprint density at radius 2 is 1.72 bits per heavy atom. The zero-order valence-corrected chi connectivity index (χ0v) is 11.8. The van der Waals surface area contributed by atoms with Crippen molar-refractivity contribution in [1.82, 2.24) is 4.98 Å². The molecule has 4 N–H and O–H groups in total. The molecule has 5 heteroatoms. The third-order valence-electron chi connectivity index (χ3n) is 2.57. The lowest BCUT2D eigenvalue weighted by Crippen LogP contribution is -1.90. The van der Waals surface area contributed by atoms with Gasteiger partial charge in [-0.25, -0.2) is 4.98 Å². The van der Waals surface area contributed by atoms with E-state index in [4.69, 9.17) is 11.5 Å². The first-order chi connectivity index (χ1) is 8.61. The molecular weight excluding hydrogens is 310 g/mol. The molecule has 0 saturated heterocycles. The number of hydrogen-bond donors (Lipinski definition) is 2. The van der Waals surface area contributed by atoms with Crippen LogP contribution in [-0.4, -0.2) is 4.98 Å². The average molecular weight is 320 g/mol. The van der Waals surface area contributed by atoms with Gasteiger partial charge in [0.05, 0.1) is 10.2 Å². The summed E-state index contributed by atoms with van der Waals surface area (Å²) in [6, 6.07) is 11.6. The van der Waals surface area contributed by atoms with Gasteiger partial charge in [0.2, 0.25) is 0 Å². The molecule has 3 rings (SSSR count). The number of benzene rings is 2. The lowest BCUT2D eigenvalue weighted by atomic mass is 10.2. The molecule has 0 radical (unpaired) electrons. The standard InChI is InChI=1S/C13H10BrN3S/c14-8-1-2-12-11(5-8)17-13(18-12)7-3-9(15)6-10(16)4-7/h1-6H,15-16H2. The predicted molar refractivity (Wildman–Crippen MR) is 81.6 cm³/mol. The second kappa shape index (κ2) is 4.26. The average Bonchev–Trinajstić information content (AvgIpc) is 2.70. The lowest BCUT2D eigenvalue weighted by Gasteiger charge is -2.00. The van der Waals surface area contributed by atoms with Gasteiger partial charge in [0.25, 0.3) is 0 Å². The maximum absolute atomic E-state index is 5.80. The summed E-state index contributed by atoms with van der Waals surface area (Å²) in [5.41, 5.74) is 14.9. The molecule has 0 amide bonds. The Labute approximate surface area is 117 Å². The number of nitrogens with two attached hydrogens (primary N) is 2. The molecule has 0 unspecified atom stereocenters. The first-order valence-corrected chi connectivity index (χ1v) is 6.95. The molecule has 0 atom stereocenters. The van der Waals surface area contributed by atoms with Gasteiger partial charge < -0.3 is 11.5 Å². The van der Waals surface area contributed by atoms with Crippen LogP contribution in [0.15, 0.2) is 40.9 Å². The number of anilines is 2. The Kier molecular flexibility index (Phi) is 2.72. The van der Waals surface area contributed by atoms with E-state index in [0.717, 1.165) is 25.3 Å². The fourth-order valence-corrected chi connectivity index (χ4v) is 3.11. The first-order valence-electron chi connectivity index (χ1n) is 5.34. The van der Waals surface area contributed by atoms with E-state index in [0.29, 0.717) is 11.4 Å². The van der Waals surface area contributed by atoms with E-state index in [2.05, 4.69) is 27.0 Å². The van der Waals surface area contributed by atoms with E-state index in [1.165, 1.54) is 0 Å². The molecule has 0 fully saturated rings. The second-order valence-electron chi connectivity index (χ2n) is 4.02. The van der Waals surface area contributed by atoms with Crippen LogP contribution < -0.4 is 11.5 Å². The molecule has 3 aromatic rings. The van der Waals surface area contributed by atoms with Crippen molar-refractivity contribution in [2.24, 2.45) is 0 Å². The maximum Gasteiger partial charge on any atom is 0.124 e. The molecule has 0 aliphatic rings. The number of nitrogens with zero attached hydrogens (tertiary/aromatic N) is 1. The van der Waals surface area contributed by atoms with Crippen LogP contribution in [0.25, 0.3) is 20.8 Å². The van der Waals surface area contributed by atoms with E-state index in [-0.39, 0.29) is 0 Å². The lowest BCUT2D eigenvalue weighted by molar-refractivity contribution is 1.47. The molecule has 18 heavy (non-hydrogen) atoms. The summed E-state index contributed by atoms with van der Waals surface area (Å²) in [5, 5.41) is 0.933. The minimum atomic E-state index is 0.658. The summed E-state index contributed by atoms with van der Waals surface area (Å²) in [4.78, 5) is 4.60. The van der Waals surface area contributed by atoms with Gasteiger partial charge in [-0.2, -0.15) is 0 Å². The predicted octanol–water partition coefficient (Wildman–Crippen LogP) is 3.89. The van der Waals surface area contributed by atoms with Gasteiger partial charge >= 0.3 is 0 Å². The molecular formula is C13H10BrN3S. The first kappa shape index (κ1) is 11.5. The van der Waals surface area contributed by atoms with Crippen LogP contribution in [0.5, 0.6) is 0 Å². The number of thiazole rings is 1. The number of rotatable bonds is 1. The third kappa shape index (κ3) is 2.07. The van der Waals surface area contributed by atoms with Crippen molar-refractivity contribution < 1.29 is 0 Å². The molecule has 0 spiro atoms. The molecule has 0 saturated carbocycles. The van der Waals surface area contributed by atoms with Gasteiger partial charge in [0.1, 0.15) is 5.01 Å². The summed E-state index contributed by atoms with van der Waals surface area (Å²) in [5.74, 6) is 0. The monoisotopic (exact) mass is 319 g/mol. The number of aromatic nitrogens is 1. The van der Waals surface area contributed by atoms with Gasteiger partial charge in [-0.15, -0.1) is 11.3 Å². The van der Waals surface area contributed by atoms with E-state index >= 15 is 0 Å². The van der Waals surface area contributed by atoms with Crippen LogP contribution in [0, 0.1) is 0 Å². The van der Waals surface area contributed by atoms with Crippen molar-refractivity contribution in [2.75, 3.05) is 11.5 Å². The van der Waals surface area contributed by atoms with E-state index in [9.17, 15) is 0 Å². The van der Waals surface area contributed by atoms with Crippen LogP contribution in [-0.2, 0) is 0 Å². The summed E-state index contributed by atoms with van der Waals surface area (Å²) in [7, 11) is 0. The molecule has 90 valence electrons. The van der Waals surface area contributed by atoms with Gasteiger partial charge in [-0.1, -0.05) is 15.9 Å². The molecule has 0 aliphatic heterocycles. The minimum absolute atomic E-state index is 0.658. The van der Waals surface area contributed by atoms with Crippen LogP contribution in [0.1, 0.15) is 0 Å². The number of nitrogen functional groups attached to an aromatic ring is 2. The Hall–Kier alpha value is -1.59. The fourth-order valence-electron chi connectivity index (χ4n) is 1.82. The Morgan fingerprint density at radius 1 is 1.00 bits per heavy atom. The summed E-state index contributed by atoms with van der Waals surface area (Å²) in [6.07, 6.45) is 0. The van der Waals surface area contributed by atoms with E-state index in [1.54, 1.807) is 17.4 Å². The van der Waals surface area contributed by atoms with Crippen LogP contribution in [0.4, 0.5) is 11.4 Å². The summed E-state index contributed by atoms with van der Waals surface area (Å²) >= 11 is 5.08. The number of fused-ring (bicyclic) bond motifs is 1. The molecule has 1 heterocycles. The summed E-state index contributed by atoms with van der Waals surface area (Å²) < 4.78 is 2.17. The van der Waals surface area contributed by atoms with Gasteiger partial charge in [-0.05, 0) is 36.4 Å². The van der Waals surface area contributed by atoms with Gasteiger partial charge in [-0.3, -0.25) is 0 Å². The van der Waals surface area contributed by atoms with Crippen molar-refractivity contribution in [3.63, 3.8) is 0 Å².